The highest BCUT2D eigenvalue weighted by molar-refractivity contribution is 7.89. The van der Waals surface area contributed by atoms with E-state index >= 15 is 0 Å². The van der Waals surface area contributed by atoms with Crippen LogP contribution < -0.4 is 5.32 Å². The van der Waals surface area contributed by atoms with Gasteiger partial charge in [0.1, 0.15) is 0 Å². The third-order valence-electron chi connectivity index (χ3n) is 6.50. The van der Waals surface area contributed by atoms with E-state index in [1.165, 1.54) is 6.92 Å². The maximum atomic E-state index is 13.3. The van der Waals surface area contributed by atoms with E-state index in [-0.39, 0.29) is 23.1 Å². The van der Waals surface area contributed by atoms with E-state index in [2.05, 4.69) is 5.32 Å². The summed E-state index contributed by atoms with van der Waals surface area (Å²) in [6.45, 7) is 4.29. The van der Waals surface area contributed by atoms with Gasteiger partial charge in [-0.2, -0.15) is 4.31 Å². The Morgan fingerprint density at radius 2 is 1.74 bits per heavy atom. The third kappa shape index (κ3) is 5.08. The van der Waals surface area contributed by atoms with Crippen molar-refractivity contribution < 1.29 is 18.0 Å². The van der Waals surface area contributed by atoms with Gasteiger partial charge in [0.05, 0.1) is 17.4 Å². The third-order valence-corrected chi connectivity index (χ3v) is 8.54. The number of carbonyl (C=O) groups is 2. The summed E-state index contributed by atoms with van der Waals surface area (Å²) in [6.07, 6.45) is 7.43. The lowest BCUT2D eigenvalue weighted by molar-refractivity contribution is -0.129. The second kappa shape index (κ2) is 10.1. The Morgan fingerprint density at radius 3 is 2.44 bits per heavy atom. The highest BCUT2D eigenvalue weighted by Gasteiger charge is 2.29. The predicted molar refractivity (Wildman–Crippen MR) is 132 cm³/mol. The number of anilines is 1. The lowest BCUT2D eigenvalue weighted by atomic mass is 9.93. The first kappa shape index (κ1) is 24.2. The Labute approximate surface area is 201 Å². The number of benzene rings is 2. The lowest BCUT2D eigenvalue weighted by Gasteiger charge is -2.32. The van der Waals surface area contributed by atoms with Gasteiger partial charge < -0.3 is 10.2 Å². The minimum atomic E-state index is -3.64. The van der Waals surface area contributed by atoms with E-state index in [4.69, 9.17) is 0 Å². The zero-order valence-corrected chi connectivity index (χ0v) is 20.5. The minimum absolute atomic E-state index is 0.0585. The molecule has 0 aliphatic carbocycles. The molecule has 0 bridgehead atoms. The van der Waals surface area contributed by atoms with Crippen LogP contribution in [0.25, 0.3) is 6.08 Å². The molecule has 0 spiro atoms. The summed E-state index contributed by atoms with van der Waals surface area (Å²) < 4.78 is 28.2. The number of hydrogen-bond donors (Lipinski definition) is 1. The molecule has 4 rings (SSSR count). The summed E-state index contributed by atoms with van der Waals surface area (Å²) in [7, 11) is -3.64. The fourth-order valence-corrected chi connectivity index (χ4v) is 6.45. The molecule has 0 unspecified atom stereocenters. The zero-order valence-electron chi connectivity index (χ0n) is 19.7. The maximum Gasteiger partial charge on any atom is 0.243 e. The van der Waals surface area contributed by atoms with Crippen LogP contribution in [0.5, 0.6) is 0 Å². The van der Waals surface area contributed by atoms with Crippen molar-refractivity contribution in [3.05, 3.63) is 65.4 Å². The van der Waals surface area contributed by atoms with Crippen LogP contribution in [0.1, 0.15) is 61.8 Å². The van der Waals surface area contributed by atoms with Crippen molar-refractivity contribution in [1.82, 2.24) is 9.21 Å². The Balaban J connectivity index is 1.54. The standard InChI is InChI=1S/C26H31N3O4S/c1-19-11-12-22(17-25(19)34(32,33)28-14-7-3-4-8-15-28)27-26(31)18-24-23-10-6-5-9-21(23)13-16-29(24)20(2)30/h5-6,9-13,16-17,24H,3-4,7-8,14-15,18H2,1-2H3,(H,27,31)/t24-/m1/s1. The van der Waals surface area contributed by atoms with E-state index in [1.54, 1.807) is 40.5 Å². The molecular formula is C26H31N3O4S. The van der Waals surface area contributed by atoms with E-state index < -0.39 is 16.1 Å². The van der Waals surface area contributed by atoms with Crippen LogP contribution in [-0.4, -0.2) is 42.5 Å². The maximum absolute atomic E-state index is 13.3. The first-order valence-corrected chi connectivity index (χ1v) is 13.2. The molecule has 180 valence electrons. The number of carbonyl (C=O) groups excluding carboxylic acids is 2. The van der Waals surface area contributed by atoms with Crippen molar-refractivity contribution in [2.75, 3.05) is 18.4 Å². The van der Waals surface area contributed by atoms with Crippen LogP contribution in [0.4, 0.5) is 5.69 Å². The van der Waals surface area contributed by atoms with Crippen LogP contribution in [0.15, 0.2) is 53.6 Å². The molecule has 2 amide bonds. The summed E-state index contributed by atoms with van der Waals surface area (Å²) in [6, 6.07) is 12.2. The van der Waals surface area contributed by atoms with Gasteiger partial charge >= 0.3 is 0 Å². The average Bonchev–Trinajstić information content (AvgIpc) is 3.10. The Bertz CT molecular complexity index is 1210. The highest BCUT2D eigenvalue weighted by Crippen LogP contribution is 2.33. The van der Waals surface area contributed by atoms with Gasteiger partial charge in [0.2, 0.25) is 21.8 Å². The normalized spacial score (nSPS) is 18.8. The molecule has 2 aliphatic rings. The van der Waals surface area contributed by atoms with Gasteiger partial charge in [-0.15, -0.1) is 0 Å². The van der Waals surface area contributed by atoms with E-state index in [0.717, 1.165) is 36.8 Å². The monoisotopic (exact) mass is 481 g/mol. The molecule has 1 N–H and O–H groups in total. The largest absolute Gasteiger partial charge is 0.326 e. The van der Waals surface area contributed by atoms with Crippen LogP contribution in [0, 0.1) is 6.92 Å². The number of rotatable bonds is 5. The van der Waals surface area contributed by atoms with Gasteiger partial charge in [-0.3, -0.25) is 9.59 Å². The van der Waals surface area contributed by atoms with Crippen molar-refractivity contribution in [2.24, 2.45) is 0 Å². The molecule has 2 aromatic rings. The molecule has 0 aromatic heterocycles. The lowest BCUT2D eigenvalue weighted by Crippen LogP contribution is -2.33. The van der Waals surface area contributed by atoms with Crippen LogP contribution >= 0.6 is 0 Å². The summed E-state index contributed by atoms with van der Waals surface area (Å²) >= 11 is 0. The van der Waals surface area contributed by atoms with E-state index in [1.807, 2.05) is 30.3 Å². The first-order chi connectivity index (χ1) is 16.3. The molecule has 2 aliphatic heterocycles. The predicted octanol–water partition coefficient (Wildman–Crippen LogP) is 4.46. The van der Waals surface area contributed by atoms with Crippen molar-refractivity contribution in [3.63, 3.8) is 0 Å². The van der Waals surface area contributed by atoms with Gasteiger partial charge in [-0.1, -0.05) is 43.2 Å². The minimum Gasteiger partial charge on any atom is -0.326 e. The van der Waals surface area contributed by atoms with Gasteiger partial charge in [0.25, 0.3) is 0 Å². The van der Waals surface area contributed by atoms with Crippen molar-refractivity contribution >= 4 is 33.6 Å². The smallest absolute Gasteiger partial charge is 0.243 e. The van der Waals surface area contributed by atoms with E-state index in [9.17, 15) is 18.0 Å². The van der Waals surface area contributed by atoms with Crippen molar-refractivity contribution in [3.8, 4) is 0 Å². The number of nitrogens with zero attached hydrogens (tertiary/aromatic N) is 2. The number of nitrogens with one attached hydrogen (secondary N) is 1. The summed E-state index contributed by atoms with van der Waals surface area (Å²) in [5, 5.41) is 2.85. The molecule has 7 nitrogen and oxygen atoms in total. The van der Waals surface area contributed by atoms with Gasteiger partial charge in [0, 0.05) is 31.9 Å². The average molecular weight is 482 g/mol. The van der Waals surface area contributed by atoms with Crippen molar-refractivity contribution in [1.29, 1.82) is 0 Å². The second-order valence-corrected chi connectivity index (χ2v) is 10.8. The number of amides is 2. The molecule has 0 radical (unpaired) electrons. The number of sulfonamides is 1. The molecule has 2 aromatic carbocycles. The fourth-order valence-electron chi connectivity index (χ4n) is 4.68. The van der Waals surface area contributed by atoms with Gasteiger partial charge in [-0.25, -0.2) is 8.42 Å². The fraction of sp³-hybridized carbons (Fsp3) is 0.385. The summed E-state index contributed by atoms with van der Waals surface area (Å²) in [4.78, 5) is 27.0. The molecule has 2 heterocycles. The second-order valence-electron chi connectivity index (χ2n) is 8.94. The quantitative estimate of drug-likeness (QED) is 0.683. The summed E-state index contributed by atoms with van der Waals surface area (Å²) in [5.41, 5.74) is 2.96. The Hall–Kier alpha value is -2.97. The summed E-state index contributed by atoms with van der Waals surface area (Å²) in [5.74, 6) is -0.437. The zero-order chi connectivity index (χ0) is 24.3. The molecule has 1 saturated heterocycles. The number of hydrogen-bond acceptors (Lipinski definition) is 4. The Kier molecular flexibility index (Phi) is 7.19. The van der Waals surface area contributed by atoms with Crippen LogP contribution in [0.2, 0.25) is 0 Å². The molecular weight excluding hydrogens is 450 g/mol. The van der Waals surface area contributed by atoms with Crippen molar-refractivity contribution in [2.45, 2.75) is 56.9 Å². The number of fused-ring (bicyclic) bond motifs is 1. The van der Waals surface area contributed by atoms with Gasteiger partial charge in [-0.05, 0) is 54.7 Å². The van der Waals surface area contributed by atoms with Crippen LogP contribution in [0.3, 0.4) is 0 Å². The van der Waals surface area contributed by atoms with Crippen LogP contribution in [-0.2, 0) is 19.6 Å². The Morgan fingerprint density at radius 1 is 1.03 bits per heavy atom. The molecule has 0 saturated carbocycles. The highest BCUT2D eigenvalue weighted by atomic mass is 32.2. The first-order valence-electron chi connectivity index (χ1n) is 11.7. The van der Waals surface area contributed by atoms with Gasteiger partial charge in [0.15, 0.2) is 0 Å². The SMILES string of the molecule is CC(=O)N1C=Cc2ccccc2[C@H]1CC(=O)Nc1ccc(C)c(S(=O)(=O)N2CCCCCC2)c1. The van der Waals surface area contributed by atoms with E-state index in [0.29, 0.717) is 24.3 Å². The number of aryl methyl sites for hydroxylation is 1. The molecule has 8 heteroatoms. The molecule has 1 fully saturated rings. The molecule has 1 atom stereocenters. The molecule has 34 heavy (non-hydrogen) atoms. The topological polar surface area (TPSA) is 86.8 Å².